The van der Waals surface area contributed by atoms with Crippen molar-refractivity contribution in [2.45, 2.75) is 63.3 Å². The van der Waals surface area contributed by atoms with E-state index in [2.05, 4.69) is 21.1 Å². The molecular weight excluding hydrogens is 446 g/mol. The Labute approximate surface area is 194 Å². The van der Waals surface area contributed by atoms with Gasteiger partial charge in [0.15, 0.2) is 11.5 Å². The van der Waals surface area contributed by atoms with E-state index in [-0.39, 0.29) is 23.3 Å². The van der Waals surface area contributed by atoms with Crippen LogP contribution in [0.15, 0.2) is 12.1 Å². The average molecular weight is 470 g/mol. The van der Waals surface area contributed by atoms with E-state index in [0.717, 1.165) is 29.5 Å². The van der Waals surface area contributed by atoms with Gasteiger partial charge in [-0.3, -0.25) is 9.59 Å². The van der Waals surface area contributed by atoms with Crippen LogP contribution < -0.4 is 14.8 Å². The highest BCUT2D eigenvalue weighted by molar-refractivity contribution is 5.93. The summed E-state index contributed by atoms with van der Waals surface area (Å²) in [5.41, 5.74) is 1.44. The number of aromatic nitrogens is 1. The maximum atomic E-state index is 13.6. The summed E-state index contributed by atoms with van der Waals surface area (Å²) in [6.07, 6.45) is 1.18. The second-order valence-corrected chi connectivity index (χ2v) is 9.76. The van der Waals surface area contributed by atoms with Gasteiger partial charge in [0.05, 0.1) is 11.6 Å². The largest absolute Gasteiger partial charge is 0.586 e. The molecule has 2 aliphatic carbocycles. The van der Waals surface area contributed by atoms with Gasteiger partial charge in [0.1, 0.15) is 5.54 Å². The molecule has 2 aromatic rings. The second-order valence-electron chi connectivity index (χ2n) is 9.76. The minimum absolute atomic E-state index is 0.0223. The zero-order chi connectivity index (χ0) is 23.7. The summed E-state index contributed by atoms with van der Waals surface area (Å²) in [6, 6.07) is 5.34. The van der Waals surface area contributed by atoms with Gasteiger partial charge in [0.25, 0.3) is 0 Å². The van der Waals surface area contributed by atoms with E-state index in [9.17, 15) is 23.6 Å². The maximum absolute atomic E-state index is 13.6. The van der Waals surface area contributed by atoms with Crippen molar-refractivity contribution in [1.29, 1.82) is 5.26 Å². The number of ether oxygens (including phenoxy) is 2. The summed E-state index contributed by atoms with van der Waals surface area (Å²) in [5, 5.41) is 12.9. The molecule has 2 fully saturated rings. The van der Waals surface area contributed by atoms with E-state index in [1.165, 1.54) is 6.07 Å². The minimum atomic E-state index is -3.70. The van der Waals surface area contributed by atoms with E-state index in [0.29, 0.717) is 50.7 Å². The zero-order valence-corrected chi connectivity index (χ0v) is 18.5. The van der Waals surface area contributed by atoms with Crippen LogP contribution >= 0.6 is 0 Å². The lowest BCUT2D eigenvalue weighted by molar-refractivity contribution is -0.286. The van der Waals surface area contributed by atoms with E-state index in [1.54, 1.807) is 11.0 Å². The zero-order valence-electron chi connectivity index (χ0n) is 18.5. The third-order valence-electron chi connectivity index (χ3n) is 7.58. The number of rotatable bonds is 3. The van der Waals surface area contributed by atoms with Crippen molar-refractivity contribution >= 4 is 22.7 Å². The van der Waals surface area contributed by atoms with E-state index in [4.69, 9.17) is 4.74 Å². The van der Waals surface area contributed by atoms with Crippen LogP contribution in [0.5, 0.6) is 11.5 Å². The molecule has 4 aliphatic rings. The molecule has 6 rings (SSSR count). The normalized spacial score (nSPS) is 26.0. The Morgan fingerprint density at radius 3 is 2.68 bits per heavy atom. The standard InChI is InChI=1S/C24H24F2N4O4/c25-24(26)33-18-6-5-13-16-11-30(10-7-17(16)28-19(13)20(18)34-24)22(32)15-4-2-1-3-14(15)21(31)29-23(12-27)8-9-23/h5-6,14-15,28H,1-4,7-11H2,(H,29,31)/t14-,15-/m1/s1. The molecule has 178 valence electrons. The van der Waals surface area contributed by atoms with Crippen molar-refractivity contribution in [2.24, 2.45) is 11.8 Å². The summed E-state index contributed by atoms with van der Waals surface area (Å²) in [6.45, 7) is 0.804. The van der Waals surface area contributed by atoms with Crippen LogP contribution in [0.2, 0.25) is 0 Å². The third kappa shape index (κ3) is 3.37. The molecule has 0 unspecified atom stereocenters. The average Bonchev–Trinajstić information content (AvgIpc) is 3.38. The first kappa shape index (κ1) is 21.2. The number of fused-ring (bicyclic) bond motifs is 5. The number of carbonyl (C=O) groups is 2. The van der Waals surface area contributed by atoms with Gasteiger partial charge in [-0.25, -0.2) is 0 Å². The van der Waals surface area contributed by atoms with Crippen LogP contribution in [-0.4, -0.2) is 40.1 Å². The Kier molecular flexibility index (Phi) is 4.57. The number of hydrogen-bond acceptors (Lipinski definition) is 5. The minimum Gasteiger partial charge on any atom is -0.395 e. The highest BCUT2D eigenvalue weighted by Gasteiger charge is 2.48. The van der Waals surface area contributed by atoms with Gasteiger partial charge in [0, 0.05) is 48.0 Å². The molecule has 1 aromatic heterocycles. The Hall–Kier alpha value is -3.35. The van der Waals surface area contributed by atoms with Crippen molar-refractivity contribution in [3.8, 4) is 17.6 Å². The molecule has 0 bridgehead atoms. The number of amides is 2. The lowest BCUT2D eigenvalue weighted by atomic mass is 9.77. The summed E-state index contributed by atoms with van der Waals surface area (Å²) in [7, 11) is 0. The quantitative estimate of drug-likeness (QED) is 0.716. The molecular formula is C24H24F2N4O4. The smallest absolute Gasteiger partial charge is 0.395 e. The molecule has 8 nitrogen and oxygen atoms in total. The van der Waals surface area contributed by atoms with Gasteiger partial charge < -0.3 is 24.7 Å². The fraction of sp³-hybridized carbons (Fsp3) is 0.542. The van der Waals surface area contributed by atoms with E-state index >= 15 is 0 Å². The molecule has 2 aliphatic heterocycles. The first-order chi connectivity index (χ1) is 16.3. The van der Waals surface area contributed by atoms with Crippen LogP contribution in [0.25, 0.3) is 10.9 Å². The van der Waals surface area contributed by atoms with Crippen molar-refractivity contribution in [2.75, 3.05) is 6.54 Å². The molecule has 0 saturated heterocycles. The molecule has 0 radical (unpaired) electrons. The van der Waals surface area contributed by atoms with Gasteiger partial charge in [-0.05, 0) is 37.8 Å². The number of aromatic amines is 1. The van der Waals surface area contributed by atoms with Crippen LogP contribution in [0, 0.1) is 23.2 Å². The predicted octanol–water partition coefficient (Wildman–Crippen LogP) is 3.35. The summed E-state index contributed by atoms with van der Waals surface area (Å²) >= 11 is 0. The molecule has 3 heterocycles. The number of halogens is 2. The van der Waals surface area contributed by atoms with Crippen molar-refractivity contribution < 1.29 is 27.8 Å². The van der Waals surface area contributed by atoms with E-state index < -0.39 is 23.7 Å². The molecule has 2 atom stereocenters. The fourth-order valence-corrected chi connectivity index (χ4v) is 5.57. The number of nitrogens with one attached hydrogen (secondary N) is 2. The van der Waals surface area contributed by atoms with Gasteiger partial charge in [-0.15, -0.1) is 8.78 Å². The molecule has 2 saturated carbocycles. The lowest BCUT2D eigenvalue weighted by Crippen LogP contribution is -2.48. The number of benzene rings is 1. The second kappa shape index (κ2) is 7.32. The third-order valence-corrected chi connectivity index (χ3v) is 7.58. The number of H-pyrrole nitrogens is 1. The molecule has 2 amide bonds. The Bertz CT molecular complexity index is 1250. The highest BCUT2D eigenvalue weighted by Crippen LogP contribution is 2.47. The van der Waals surface area contributed by atoms with Crippen molar-refractivity contribution in [1.82, 2.24) is 15.2 Å². The summed E-state index contributed by atoms with van der Waals surface area (Å²) in [5.74, 6) is -1.16. The van der Waals surface area contributed by atoms with E-state index in [1.807, 2.05) is 0 Å². The molecule has 34 heavy (non-hydrogen) atoms. The maximum Gasteiger partial charge on any atom is 0.586 e. The topological polar surface area (TPSA) is 107 Å². The Morgan fingerprint density at radius 2 is 1.94 bits per heavy atom. The fourth-order valence-electron chi connectivity index (χ4n) is 5.57. The number of hydrogen-bond donors (Lipinski definition) is 2. The highest BCUT2D eigenvalue weighted by atomic mass is 19.3. The number of carbonyl (C=O) groups excluding carboxylic acids is 2. The molecule has 2 N–H and O–H groups in total. The molecule has 1 aromatic carbocycles. The van der Waals surface area contributed by atoms with Crippen molar-refractivity contribution in [3.05, 3.63) is 23.4 Å². The summed E-state index contributed by atoms with van der Waals surface area (Å²) < 4.78 is 36.5. The number of nitrogens with zero attached hydrogens (tertiary/aromatic N) is 2. The Balaban J connectivity index is 1.24. The summed E-state index contributed by atoms with van der Waals surface area (Å²) in [4.78, 5) is 31.5. The van der Waals surface area contributed by atoms with Crippen LogP contribution in [0.1, 0.15) is 49.8 Å². The molecule has 0 spiro atoms. The van der Waals surface area contributed by atoms with Crippen LogP contribution in [0.4, 0.5) is 8.78 Å². The van der Waals surface area contributed by atoms with Crippen LogP contribution in [0.3, 0.4) is 0 Å². The monoisotopic (exact) mass is 470 g/mol. The predicted molar refractivity (Wildman–Crippen MR) is 115 cm³/mol. The van der Waals surface area contributed by atoms with Crippen molar-refractivity contribution in [3.63, 3.8) is 0 Å². The first-order valence-electron chi connectivity index (χ1n) is 11.7. The van der Waals surface area contributed by atoms with Gasteiger partial charge in [-0.2, -0.15) is 5.26 Å². The lowest BCUT2D eigenvalue weighted by Gasteiger charge is -2.36. The van der Waals surface area contributed by atoms with Gasteiger partial charge in [0.2, 0.25) is 11.8 Å². The SMILES string of the molecule is N#CC1(NC(=O)[C@@H]2CCCC[C@H]2C(=O)N2CCc3[nH]c4c5c(ccc4c3C2)OC(F)(F)O5)CC1. The first-order valence-corrected chi connectivity index (χ1v) is 11.7. The van der Waals surface area contributed by atoms with Gasteiger partial charge in [-0.1, -0.05) is 12.8 Å². The van der Waals surface area contributed by atoms with Crippen LogP contribution in [-0.2, 0) is 22.6 Å². The number of nitriles is 1. The molecule has 10 heteroatoms. The Morgan fingerprint density at radius 1 is 1.18 bits per heavy atom. The number of alkyl halides is 2. The van der Waals surface area contributed by atoms with Gasteiger partial charge >= 0.3 is 6.29 Å².